The predicted octanol–water partition coefficient (Wildman–Crippen LogP) is -0.153. The molecule has 0 radical (unpaired) electrons. The first kappa shape index (κ1) is 13.5. The van der Waals surface area contributed by atoms with Gasteiger partial charge in [0.05, 0.1) is 4.90 Å². The van der Waals surface area contributed by atoms with Gasteiger partial charge < -0.3 is 10.1 Å². The van der Waals surface area contributed by atoms with Gasteiger partial charge in [-0.2, -0.15) is 0 Å². The third-order valence-electron chi connectivity index (χ3n) is 2.08. The zero-order chi connectivity index (χ0) is 13.1. The van der Waals surface area contributed by atoms with Crippen molar-refractivity contribution >= 4 is 15.9 Å². The summed E-state index contributed by atoms with van der Waals surface area (Å²) in [5, 5.41) is 7.39. The Balaban J connectivity index is 2.79. The molecule has 1 rings (SSSR count). The number of nitrogens with one attached hydrogen (secondary N) is 1. The molecule has 3 N–H and O–H groups in total. The molecule has 0 unspecified atom stereocenters. The van der Waals surface area contributed by atoms with E-state index in [1.54, 1.807) is 6.92 Å². The molecular formula is C10H14N2O4S. The number of rotatable bonds is 4. The molecule has 0 saturated carbocycles. The number of likely N-dealkylation sites (N-methyl/N-ethyl adjacent to an activating group) is 1. The Morgan fingerprint density at radius 2 is 1.88 bits per heavy atom. The van der Waals surface area contributed by atoms with Crippen LogP contribution in [0.4, 0.5) is 0 Å². The summed E-state index contributed by atoms with van der Waals surface area (Å²) in [5.74, 6) is 0.133. The minimum absolute atomic E-state index is 0.00236. The number of sulfonamides is 1. The lowest BCUT2D eigenvalue weighted by Crippen LogP contribution is -2.33. The normalized spacial score (nSPS) is 12.9. The fraction of sp³-hybridized carbons (Fsp3) is 0.300. The number of hydrogen-bond donors (Lipinski definition) is 2. The standard InChI is InChI=1S/C10H14N2O4S/c1-7(10(13)12-2)16-8-3-5-9(6-4-8)17(11,14)15/h3-7H,1-2H3,(H,12,13)(H2,11,14,15)/t7-/m1/s1. The van der Waals surface area contributed by atoms with Crippen LogP contribution in [0.2, 0.25) is 0 Å². The minimum atomic E-state index is -3.70. The van der Waals surface area contributed by atoms with Gasteiger partial charge in [0.15, 0.2) is 6.10 Å². The van der Waals surface area contributed by atoms with E-state index in [1.165, 1.54) is 31.3 Å². The second kappa shape index (κ2) is 5.15. The fourth-order valence-corrected chi connectivity index (χ4v) is 1.68. The third kappa shape index (κ3) is 3.72. The molecule has 0 saturated heterocycles. The number of carbonyl (C=O) groups excluding carboxylic acids is 1. The van der Waals surface area contributed by atoms with Crippen molar-refractivity contribution in [3.05, 3.63) is 24.3 Å². The summed E-state index contributed by atoms with van der Waals surface area (Å²) in [7, 11) is -2.20. The molecule has 7 heteroatoms. The van der Waals surface area contributed by atoms with E-state index in [0.29, 0.717) is 5.75 Å². The molecule has 0 aliphatic rings. The van der Waals surface area contributed by atoms with Crippen LogP contribution in [0, 0.1) is 0 Å². The number of nitrogens with two attached hydrogens (primary N) is 1. The van der Waals surface area contributed by atoms with Crippen LogP contribution >= 0.6 is 0 Å². The van der Waals surface area contributed by atoms with Crippen molar-refractivity contribution in [3.63, 3.8) is 0 Å². The van der Waals surface area contributed by atoms with Crippen LogP contribution in [0.15, 0.2) is 29.2 Å². The first-order valence-corrected chi connectivity index (χ1v) is 6.40. The molecule has 0 aliphatic heterocycles. The fourth-order valence-electron chi connectivity index (χ4n) is 1.17. The average Bonchev–Trinajstić information content (AvgIpc) is 2.27. The van der Waals surface area contributed by atoms with E-state index >= 15 is 0 Å². The van der Waals surface area contributed by atoms with Gasteiger partial charge in [-0.25, -0.2) is 13.6 Å². The maximum absolute atomic E-state index is 11.2. The van der Waals surface area contributed by atoms with Crippen LogP contribution in [0.25, 0.3) is 0 Å². The van der Waals surface area contributed by atoms with Crippen LogP contribution in [0.3, 0.4) is 0 Å². The van der Waals surface area contributed by atoms with Gasteiger partial charge in [0.1, 0.15) is 5.75 Å². The molecule has 0 spiro atoms. The summed E-state index contributed by atoms with van der Waals surface area (Å²) in [6, 6.07) is 5.53. The SMILES string of the molecule is CNC(=O)[C@@H](C)Oc1ccc(S(N)(=O)=O)cc1. The molecule has 6 nitrogen and oxygen atoms in total. The van der Waals surface area contributed by atoms with Crippen molar-refractivity contribution in [3.8, 4) is 5.75 Å². The van der Waals surface area contributed by atoms with Gasteiger partial charge >= 0.3 is 0 Å². The van der Waals surface area contributed by atoms with Crippen molar-refractivity contribution in [2.24, 2.45) is 5.14 Å². The molecule has 1 aromatic carbocycles. The molecule has 0 aliphatic carbocycles. The number of ether oxygens (including phenoxy) is 1. The van der Waals surface area contributed by atoms with Crippen LogP contribution in [0.1, 0.15) is 6.92 Å². The predicted molar refractivity (Wildman–Crippen MR) is 62.0 cm³/mol. The maximum Gasteiger partial charge on any atom is 0.260 e. The van der Waals surface area contributed by atoms with Crippen molar-refractivity contribution in [1.29, 1.82) is 0 Å². The summed E-state index contributed by atoms with van der Waals surface area (Å²) in [4.78, 5) is 11.2. The lowest BCUT2D eigenvalue weighted by Gasteiger charge is -2.13. The zero-order valence-corrected chi connectivity index (χ0v) is 10.3. The first-order chi connectivity index (χ1) is 7.84. The Bertz CT molecular complexity index is 496. The Morgan fingerprint density at radius 3 is 2.29 bits per heavy atom. The lowest BCUT2D eigenvalue weighted by atomic mass is 10.3. The number of carbonyl (C=O) groups is 1. The number of hydrogen-bond acceptors (Lipinski definition) is 4. The highest BCUT2D eigenvalue weighted by atomic mass is 32.2. The molecule has 17 heavy (non-hydrogen) atoms. The second-order valence-corrected chi connectivity index (χ2v) is 4.95. The summed E-state index contributed by atoms with van der Waals surface area (Å²) in [6.45, 7) is 1.59. The van der Waals surface area contributed by atoms with E-state index in [-0.39, 0.29) is 10.8 Å². The Morgan fingerprint density at radius 1 is 1.35 bits per heavy atom. The molecule has 1 atom stereocenters. The highest BCUT2D eigenvalue weighted by Gasteiger charge is 2.13. The number of amides is 1. The van der Waals surface area contributed by atoms with E-state index in [2.05, 4.69) is 5.32 Å². The monoisotopic (exact) mass is 258 g/mol. The van der Waals surface area contributed by atoms with Crippen molar-refractivity contribution < 1.29 is 17.9 Å². The van der Waals surface area contributed by atoms with E-state index in [9.17, 15) is 13.2 Å². The van der Waals surface area contributed by atoms with Crippen LogP contribution in [0.5, 0.6) is 5.75 Å². The van der Waals surface area contributed by atoms with Crippen molar-refractivity contribution in [2.75, 3.05) is 7.05 Å². The molecular weight excluding hydrogens is 244 g/mol. The van der Waals surface area contributed by atoms with Crippen LogP contribution in [-0.2, 0) is 14.8 Å². The van der Waals surface area contributed by atoms with E-state index in [0.717, 1.165) is 0 Å². The molecule has 0 fully saturated rings. The summed E-state index contributed by atoms with van der Waals surface area (Å²) in [5.41, 5.74) is 0. The van der Waals surface area contributed by atoms with Gasteiger partial charge in [-0.3, -0.25) is 4.79 Å². The van der Waals surface area contributed by atoms with Crippen LogP contribution in [-0.4, -0.2) is 27.5 Å². The molecule has 1 amide bonds. The average molecular weight is 258 g/mol. The third-order valence-corrected chi connectivity index (χ3v) is 3.01. The van der Waals surface area contributed by atoms with Gasteiger partial charge in [0, 0.05) is 7.05 Å². The molecule has 1 aromatic rings. The highest BCUT2D eigenvalue weighted by Crippen LogP contribution is 2.16. The number of primary sulfonamides is 1. The quantitative estimate of drug-likeness (QED) is 0.784. The smallest absolute Gasteiger partial charge is 0.260 e. The van der Waals surface area contributed by atoms with E-state index in [1.807, 2.05) is 0 Å². The number of benzene rings is 1. The second-order valence-electron chi connectivity index (χ2n) is 3.39. The lowest BCUT2D eigenvalue weighted by molar-refractivity contribution is -0.126. The van der Waals surface area contributed by atoms with E-state index < -0.39 is 16.1 Å². The topological polar surface area (TPSA) is 98.5 Å². The minimum Gasteiger partial charge on any atom is -0.481 e. The zero-order valence-electron chi connectivity index (χ0n) is 9.51. The van der Waals surface area contributed by atoms with Gasteiger partial charge in [-0.05, 0) is 31.2 Å². The van der Waals surface area contributed by atoms with E-state index in [4.69, 9.17) is 9.88 Å². The molecule has 0 bridgehead atoms. The van der Waals surface area contributed by atoms with Gasteiger partial charge in [0.25, 0.3) is 5.91 Å². The van der Waals surface area contributed by atoms with Crippen molar-refractivity contribution in [1.82, 2.24) is 5.32 Å². The highest BCUT2D eigenvalue weighted by molar-refractivity contribution is 7.89. The van der Waals surface area contributed by atoms with Gasteiger partial charge in [0.2, 0.25) is 10.0 Å². The first-order valence-electron chi connectivity index (χ1n) is 4.85. The maximum atomic E-state index is 11.2. The summed E-state index contributed by atoms with van der Waals surface area (Å²) in [6.07, 6.45) is -0.652. The Kier molecular flexibility index (Phi) is 4.08. The van der Waals surface area contributed by atoms with Gasteiger partial charge in [-0.15, -0.1) is 0 Å². The molecule has 0 aromatic heterocycles. The summed E-state index contributed by atoms with van der Waals surface area (Å²) < 4.78 is 27.3. The molecule has 94 valence electrons. The van der Waals surface area contributed by atoms with Gasteiger partial charge in [-0.1, -0.05) is 0 Å². The van der Waals surface area contributed by atoms with Crippen molar-refractivity contribution in [2.45, 2.75) is 17.9 Å². The Hall–Kier alpha value is -1.60. The Labute approximate surface area is 99.8 Å². The largest absolute Gasteiger partial charge is 0.481 e. The molecule has 0 heterocycles. The summed E-state index contributed by atoms with van der Waals surface area (Å²) >= 11 is 0. The van der Waals surface area contributed by atoms with Crippen LogP contribution < -0.4 is 15.2 Å².